The van der Waals surface area contributed by atoms with Gasteiger partial charge in [0.1, 0.15) is 6.61 Å². The summed E-state index contributed by atoms with van der Waals surface area (Å²) in [5, 5.41) is 0.903. The van der Waals surface area contributed by atoms with Gasteiger partial charge in [0.15, 0.2) is 17.8 Å². The van der Waals surface area contributed by atoms with E-state index in [1.807, 2.05) is 6.07 Å². The van der Waals surface area contributed by atoms with Crippen LogP contribution in [0.3, 0.4) is 0 Å². The van der Waals surface area contributed by atoms with Crippen LogP contribution in [0.4, 0.5) is 0 Å². The third kappa shape index (κ3) is 3.06. The fourth-order valence-electron chi connectivity index (χ4n) is 1.75. The van der Waals surface area contributed by atoms with E-state index >= 15 is 0 Å². The predicted octanol–water partition coefficient (Wildman–Crippen LogP) is 4.39. The number of ether oxygens (including phenoxy) is 2. The molecule has 104 valence electrons. The molecule has 0 heterocycles. The Morgan fingerprint density at radius 2 is 1.90 bits per heavy atom. The molecule has 2 aromatic rings. The summed E-state index contributed by atoms with van der Waals surface area (Å²) in [4.78, 5) is 11.0. The van der Waals surface area contributed by atoms with E-state index in [0.717, 1.165) is 11.8 Å². The van der Waals surface area contributed by atoms with Crippen LogP contribution in [-0.4, -0.2) is 13.4 Å². The maximum absolute atomic E-state index is 11.0. The Morgan fingerprint density at radius 1 is 1.15 bits per heavy atom. The zero-order valence-electron chi connectivity index (χ0n) is 10.7. The van der Waals surface area contributed by atoms with Gasteiger partial charge in [-0.05, 0) is 18.2 Å². The van der Waals surface area contributed by atoms with E-state index in [2.05, 4.69) is 0 Å². The van der Waals surface area contributed by atoms with E-state index in [9.17, 15) is 4.79 Å². The van der Waals surface area contributed by atoms with Crippen LogP contribution in [0, 0.1) is 0 Å². The van der Waals surface area contributed by atoms with Crippen molar-refractivity contribution >= 4 is 29.5 Å². The topological polar surface area (TPSA) is 35.5 Å². The van der Waals surface area contributed by atoms with E-state index in [1.165, 1.54) is 7.11 Å². The molecule has 5 heteroatoms. The Labute approximate surface area is 127 Å². The molecule has 2 aromatic carbocycles. The molecule has 0 saturated heterocycles. The van der Waals surface area contributed by atoms with Crippen molar-refractivity contribution in [3.8, 4) is 11.5 Å². The number of hydrogen-bond donors (Lipinski definition) is 0. The lowest BCUT2D eigenvalue weighted by molar-refractivity contribution is 0.111. The smallest absolute Gasteiger partial charge is 0.172 e. The second-order valence-electron chi connectivity index (χ2n) is 4.00. The quantitative estimate of drug-likeness (QED) is 0.768. The highest BCUT2D eigenvalue weighted by atomic mass is 35.5. The van der Waals surface area contributed by atoms with Gasteiger partial charge in [-0.3, -0.25) is 4.79 Å². The summed E-state index contributed by atoms with van der Waals surface area (Å²) in [7, 11) is 1.52. The van der Waals surface area contributed by atoms with Gasteiger partial charge < -0.3 is 9.47 Å². The Bertz CT molecular complexity index is 627. The lowest BCUT2D eigenvalue weighted by Gasteiger charge is -2.13. The number of rotatable bonds is 5. The van der Waals surface area contributed by atoms with Gasteiger partial charge >= 0.3 is 0 Å². The molecular formula is C15H12Cl2O3. The normalized spacial score (nSPS) is 10.2. The molecule has 2 rings (SSSR count). The zero-order chi connectivity index (χ0) is 14.5. The molecule has 0 aliphatic heterocycles. The number of halogens is 2. The highest BCUT2D eigenvalue weighted by molar-refractivity contribution is 6.42. The van der Waals surface area contributed by atoms with Gasteiger partial charge in [-0.2, -0.15) is 0 Å². The second-order valence-corrected chi connectivity index (χ2v) is 4.78. The molecule has 0 aliphatic rings. The van der Waals surface area contributed by atoms with Crippen LogP contribution in [0.25, 0.3) is 0 Å². The standard InChI is InChI=1S/C15H12Cl2O3/c1-19-13-7-3-4-10(8-18)15(13)20-9-11-5-2-6-12(16)14(11)17/h2-8H,9H2,1H3. The fraction of sp³-hybridized carbons (Fsp3) is 0.133. The first-order valence-corrected chi connectivity index (χ1v) is 6.61. The first-order valence-electron chi connectivity index (χ1n) is 5.85. The summed E-state index contributed by atoms with van der Waals surface area (Å²) >= 11 is 12.0. The van der Waals surface area contributed by atoms with Gasteiger partial charge in [0.2, 0.25) is 0 Å². The molecule has 0 radical (unpaired) electrons. The molecule has 0 aliphatic carbocycles. The van der Waals surface area contributed by atoms with Crippen molar-refractivity contribution in [2.45, 2.75) is 6.61 Å². The largest absolute Gasteiger partial charge is 0.493 e. The molecule has 0 amide bonds. The van der Waals surface area contributed by atoms with Crippen molar-refractivity contribution in [2.75, 3.05) is 7.11 Å². The molecule has 0 fully saturated rings. The third-order valence-corrected chi connectivity index (χ3v) is 3.62. The van der Waals surface area contributed by atoms with Crippen molar-refractivity contribution in [3.63, 3.8) is 0 Å². The number of benzene rings is 2. The number of hydrogen-bond acceptors (Lipinski definition) is 3. The molecule has 20 heavy (non-hydrogen) atoms. The van der Waals surface area contributed by atoms with Gasteiger partial charge in [0.25, 0.3) is 0 Å². The van der Waals surface area contributed by atoms with E-state index in [0.29, 0.717) is 27.1 Å². The summed E-state index contributed by atoms with van der Waals surface area (Å²) in [6.07, 6.45) is 0.720. The average Bonchev–Trinajstić information content (AvgIpc) is 2.48. The highest BCUT2D eigenvalue weighted by Gasteiger charge is 2.12. The second kappa shape index (κ2) is 6.64. The van der Waals surface area contributed by atoms with E-state index in [4.69, 9.17) is 32.7 Å². The summed E-state index contributed by atoms with van der Waals surface area (Å²) < 4.78 is 10.9. The Morgan fingerprint density at radius 3 is 2.60 bits per heavy atom. The lowest BCUT2D eigenvalue weighted by Crippen LogP contribution is -2.01. The van der Waals surface area contributed by atoms with Crippen LogP contribution < -0.4 is 9.47 Å². The van der Waals surface area contributed by atoms with Crippen LogP contribution in [0.5, 0.6) is 11.5 Å². The number of para-hydroxylation sites is 1. The van der Waals surface area contributed by atoms with Crippen LogP contribution in [0.15, 0.2) is 36.4 Å². The summed E-state index contributed by atoms with van der Waals surface area (Å²) in [5.41, 5.74) is 1.16. The predicted molar refractivity (Wildman–Crippen MR) is 79.2 cm³/mol. The van der Waals surface area contributed by atoms with Gasteiger partial charge in [-0.25, -0.2) is 0 Å². The minimum atomic E-state index is 0.195. The maximum atomic E-state index is 11.0. The van der Waals surface area contributed by atoms with Gasteiger partial charge in [0.05, 0.1) is 22.7 Å². The van der Waals surface area contributed by atoms with Crippen molar-refractivity contribution in [2.24, 2.45) is 0 Å². The minimum Gasteiger partial charge on any atom is -0.493 e. The molecule has 0 unspecified atom stereocenters. The Hall–Kier alpha value is -1.71. The van der Waals surface area contributed by atoms with Crippen molar-refractivity contribution in [1.82, 2.24) is 0 Å². The minimum absolute atomic E-state index is 0.195. The number of aldehydes is 1. The number of carbonyl (C=O) groups excluding carboxylic acids is 1. The van der Waals surface area contributed by atoms with Crippen molar-refractivity contribution in [3.05, 3.63) is 57.6 Å². The summed E-state index contributed by atoms with van der Waals surface area (Å²) in [6, 6.07) is 10.4. The van der Waals surface area contributed by atoms with Gasteiger partial charge in [-0.1, -0.05) is 41.4 Å². The van der Waals surface area contributed by atoms with E-state index < -0.39 is 0 Å². The number of methoxy groups -OCH3 is 1. The van der Waals surface area contributed by atoms with E-state index in [1.54, 1.807) is 30.3 Å². The monoisotopic (exact) mass is 310 g/mol. The number of carbonyl (C=O) groups is 1. The summed E-state index contributed by atoms with van der Waals surface area (Å²) in [5.74, 6) is 0.883. The average molecular weight is 311 g/mol. The molecule has 0 bridgehead atoms. The van der Waals surface area contributed by atoms with Crippen LogP contribution >= 0.6 is 23.2 Å². The van der Waals surface area contributed by atoms with E-state index in [-0.39, 0.29) is 6.61 Å². The first kappa shape index (κ1) is 14.7. The molecule has 3 nitrogen and oxygen atoms in total. The summed E-state index contributed by atoms with van der Waals surface area (Å²) in [6.45, 7) is 0.195. The Kier molecular flexibility index (Phi) is 4.88. The molecule has 0 atom stereocenters. The lowest BCUT2D eigenvalue weighted by atomic mass is 10.2. The van der Waals surface area contributed by atoms with Crippen LogP contribution in [0.1, 0.15) is 15.9 Å². The molecule has 0 spiro atoms. The molecule has 0 aromatic heterocycles. The zero-order valence-corrected chi connectivity index (χ0v) is 12.2. The fourth-order valence-corrected chi connectivity index (χ4v) is 2.13. The van der Waals surface area contributed by atoms with Crippen molar-refractivity contribution < 1.29 is 14.3 Å². The third-order valence-electron chi connectivity index (χ3n) is 2.76. The Balaban J connectivity index is 2.27. The SMILES string of the molecule is COc1cccc(C=O)c1OCc1cccc(Cl)c1Cl. The van der Waals surface area contributed by atoms with Crippen molar-refractivity contribution in [1.29, 1.82) is 0 Å². The maximum Gasteiger partial charge on any atom is 0.172 e. The van der Waals surface area contributed by atoms with Gasteiger partial charge in [0, 0.05) is 5.56 Å². The highest BCUT2D eigenvalue weighted by Crippen LogP contribution is 2.32. The van der Waals surface area contributed by atoms with Gasteiger partial charge in [-0.15, -0.1) is 0 Å². The first-order chi connectivity index (χ1) is 9.67. The molecule has 0 N–H and O–H groups in total. The molecule has 0 saturated carbocycles. The van der Waals surface area contributed by atoms with Crippen LogP contribution in [0.2, 0.25) is 10.0 Å². The van der Waals surface area contributed by atoms with Crippen LogP contribution in [-0.2, 0) is 6.61 Å². The molecular weight excluding hydrogens is 299 g/mol.